The molecule has 1 heteroatoms. The molecule has 0 aromatic heterocycles. The highest BCUT2D eigenvalue weighted by Crippen LogP contribution is 2.15. The fraction of sp³-hybridized carbons (Fsp3) is 0.647. The molecule has 0 unspecified atom stereocenters. The van der Waals surface area contributed by atoms with Crippen molar-refractivity contribution in [2.75, 3.05) is 18.0 Å². The summed E-state index contributed by atoms with van der Waals surface area (Å²) in [6, 6.07) is 10.9. The van der Waals surface area contributed by atoms with Gasteiger partial charge in [-0.25, -0.2) is 0 Å². The molecule has 0 spiro atoms. The third-order valence-electron chi connectivity index (χ3n) is 3.43. The van der Waals surface area contributed by atoms with Crippen LogP contribution in [0.25, 0.3) is 0 Å². The number of hydrogen-bond donors (Lipinski definition) is 0. The first-order valence-corrected chi connectivity index (χ1v) is 7.68. The molecule has 1 aromatic carbocycles. The van der Waals surface area contributed by atoms with Crippen LogP contribution in [0.2, 0.25) is 0 Å². The van der Waals surface area contributed by atoms with Gasteiger partial charge in [-0.1, -0.05) is 64.2 Å². The Morgan fingerprint density at radius 2 is 1.28 bits per heavy atom. The SMILES string of the molecule is CCCCCCN(CCCCC)c1ccccc1. The number of anilines is 1. The van der Waals surface area contributed by atoms with Gasteiger partial charge in [0, 0.05) is 18.8 Å². The summed E-state index contributed by atoms with van der Waals surface area (Å²) in [7, 11) is 0. The summed E-state index contributed by atoms with van der Waals surface area (Å²) in [6.07, 6.45) is 9.36. The van der Waals surface area contributed by atoms with Crippen molar-refractivity contribution in [1.29, 1.82) is 0 Å². The van der Waals surface area contributed by atoms with Crippen LogP contribution in [0.4, 0.5) is 5.69 Å². The highest BCUT2D eigenvalue weighted by atomic mass is 15.1. The van der Waals surface area contributed by atoms with Crippen LogP contribution in [0.3, 0.4) is 0 Å². The number of hydrogen-bond acceptors (Lipinski definition) is 1. The topological polar surface area (TPSA) is 3.24 Å². The largest absolute Gasteiger partial charge is 0.372 e. The second kappa shape index (κ2) is 9.99. The van der Waals surface area contributed by atoms with Gasteiger partial charge in [0.1, 0.15) is 0 Å². The molecule has 0 N–H and O–H groups in total. The molecule has 1 nitrogen and oxygen atoms in total. The lowest BCUT2D eigenvalue weighted by Gasteiger charge is -2.25. The van der Waals surface area contributed by atoms with Gasteiger partial charge in [-0.15, -0.1) is 0 Å². The minimum Gasteiger partial charge on any atom is -0.372 e. The summed E-state index contributed by atoms with van der Waals surface area (Å²) in [4.78, 5) is 2.56. The standard InChI is InChI=1S/C17H29N/c1-3-5-7-12-16-18(15-11-6-4-2)17-13-9-8-10-14-17/h8-10,13-14H,3-7,11-12,15-16H2,1-2H3. The minimum absolute atomic E-state index is 1.21. The van der Waals surface area contributed by atoms with Crippen molar-refractivity contribution in [1.82, 2.24) is 0 Å². The number of rotatable bonds is 10. The maximum absolute atomic E-state index is 2.56. The van der Waals surface area contributed by atoms with Gasteiger partial charge >= 0.3 is 0 Å². The van der Waals surface area contributed by atoms with E-state index in [1.807, 2.05) is 0 Å². The van der Waals surface area contributed by atoms with Gasteiger partial charge in [0.05, 0.1) is 0 Å². The number of unbranched alkanes of at least 4 members (excludes halogenated alkanes) is 5. The van der Waals surface area contributed by atoms with Crippen molar-refractivity contribution in [2.24, 2.45) is 0 Å². The maximum atomic E-state index is 2.56. The summed E-state index contributed by atoms with van der Waals surface area (Å²) >= 11 is 0. The fourth-order valence-corrected chi connectivity index (χ4v) is 2.29. The van der Waals surface area contributed by atoms with Gasteiger partial charge in [-0.05, 0) is 25.0 Å². The summed E-state index contributed by atoms with van der Waals surface area (Å²) < 4.78 is 0. The highest BCUT2D eigenvalue weighted by molar-refractivity contribution is 5.45. The van der Waals surface area contributed by atoms with Crippen LogP contribution in [0.1, 0.15) is 58.8 Å². The highest BCUT2D eigenvalue weighted by Gasteiger charge is 2.04. The van der Waals surface area contributed by atoms with Gasteiger partial charge in [0.25, 0.3) is 0 Å². The molecule has 1 aromatic rings. The van der Waals surface area contributed by atoms with E-state index >= 15 is 0 Å². The monoisotopic (exact) mass is 247 g/mol. The number of benzene rings is 1. The van der Waals surface area contributed by atoms with E-state index in [1.54, 1.807) is 0 Å². The van der Waals surface area contributed by atoms with E-state index < -0.39 is 0 Å². The molecule has 0 aliphatic rings. The van der Waals surface area contributed by atoms with E-state index in [2.05, 4.69) is 49.1 Å². The molecule has 0 saturated heterocycles. The fourth-order valence-electron chi connectivity index (χ4n) is 2.29. The van der Waals surface area contributed by atoms with Gasteiger partial charge in [-0.2, -0.15) is 0 Å². The molecule has 0 amide bonds. The molecule has 0 aliphatic carbocycles. The van der Waals surface area contributed by atoms with Gasteiger partial charge in [-0.3, -0.25) is 0 Å². The van der Waals surface area contributed by atoms with Gasteiger partial charge in [0.2, 0.25) is 0 Å². The first-order valence-electron chi connectivity index (χ1n) is 7.68. The van der Waals surface area contributed by atoms with Crippen LogP contribution < -0.4 is 4.90 Å². The zero-order valence-corrected chi connectivity index (χ0v) is 12.2. The third-order valence-corrected chi connectivity index (χ3v) is 3.43. The van der Waals surface area contributed by atoms with E-state index in [-0.39, 0.29) is 0 Å². The third kappa shape index (κ3) is 6.09. The molecule has 0 heterocycles. The van der Waals surface area contributed by atoms with Crippen molar-refractivity contribution in [3.63, 3.8) is 0 Å². The van der Waals surface area contributed by atoms with Crippen molar-refractivity contribution >= 4 is 5.69 Å². The second-order valence-corrected chi connectivity index (χ2v) is 5.09. The average molecular weight is 247 g/mol. The Hall–Kier alpha value is -0.980. The Bertz CT molecular complexity index is 281. The van der Waals surface area contributed by atoms with Crippen LogP contribution >= 0.6 is 0 Å². The van der Waals surface area contributed by atoms with Crippen molar-refractivity contribution < 1.29 is 0 Å². The van der Waals surface area contributed by atoms with Crippen molar-refractivity contribution in [3.8, 4) is 0 Å². The summed E-state index contributed by atoms with van der Waals surface area (Å²) in [5, 5.41) is 0. The molecule has 0 saturated carbocycles. The van der Waals surface area contributed by atoms with Gasteiger partial charge in [0.15, 0.2) is 0 Å². The summed E-state index contributed by atoms with van der Waals surface area (Å²) in [5.74, 6) is 0. The molecule has 102 valence electrons. The van der Waals surface area contributed by atoms with E-state index in [4.69, 9.17) is 0 Å². The molecular formula is C17H29N. The van der Waals surface area contributed by atoms with Crippen LogP contribution in [-0.2, 0) is 0 Å². The number of para-hydroxylation sites is 1. The molecule has 0 fully saturated rings. The average Bonchev–Trinajstić information content (AvgIpc) is 2.42. The first-order chi connectivity index (χ1) is 8.88. The Labute approximate surface area is 113 Å². The second-order valence-electron chi connectivity index (χ2n) is 5.09. The molecular weight excluding hydrogens is 218 g/mol. The predicted octanol–water partition coefficient (Wildman–Crippen LogP) is 5.26. The quantitative estimate of drug-likeness (QED) is 0.509. The minimum atomic E-state index is 1.21. The zero-order valence-electron chi connectivity index (χ0n) is 12.2. The van der Waals surface area contributed by atoms with Crippen molar-refractivity contribution in [2.45, 2.75) is 58.8 Å². The molecule has 1 rings (SSSR count). The van der Waals surface area contributed by atoms with E-state index in [1.165, 1.54) is 63.7 Å². The molecule has 0 aliphatic heterocycles. The smallest absolute Gasteiger partial charge is 0.0366 e. The predicted molar refractivity (Wildman–Crippen MR) is 82.3 cm³/mol. The van der Waals surface area contributed by atoms with Crippen LogP contribution in [0, 0.1) is 0 Å². The van der Waals surface area contributed by atoms with Crippen LogP contribution in [0.15, 0.2) is 30.3 Å². The zero-order chi connectivity index (χ0) is 13.1. The Morgan fingerprint density at radius 3 is 1.89 bits per heavy atom. The lowest BCUT2D eigenvalue weighted by atomic mass is 10.1. The van der Waals surface area contributed by atoms with E-state index in [9.17, 15) is 0 Å². The first kappa shape index (κ1) is 15.1. The van der Waals surface area contributed by atoms with E-state index in [0.717, 1.165) is 0 Å². The number of nitrogens with zero attached hydrogens (tertiary/aromatic N) is 1. The lowest BCUT2D eigenvalue weighted by Crippen LogP contribution is -2.25. The van der Waals surface area contributed by atoms with Crippen LogP contribution in [-0.4, -0.2) is 13.1 Å². The van der Waals surface area contributed by atoms with Crippen molar-refractivity contribution in [3.05, 3.63) is 30.3 Å². The maximum Gasteiger partial charge on any atom is 0.0366 e. The van der Waals surface area contributed by atoms with E-state index in [0.29, 0.717) is 0 Å². The summed E-state index contributed by atoms with van der Waals surface area (Å²) in [6.45, 7) is 6.97. The summed E-state index contributed by atoms with van der Waals surface area (Å²) in [5.41, 5.74) is 1.39. The molecule has 18 heavy (non-hydrogen) atoms. The Balaban J connectivity index is 2.42. The van der Waals surface area contributed by atoms with Crippen LogP contribution in [0.5, 0.6) is 0 Å². The molecule has 0 bridgehead atoms. The normalized spacial score (nSPS) is 10.6. The van der Waals surface area contributed by atoms with Gasteiger partial charge < -0.3 is 4.90 Å². The Kier molecular flexibility index (Phi) is 8.37. The molecule has 0 radical (unpaired) electrons. The lowest BCUT2D eigenvalue weighted by molar-refractivity contribution is 0.620. The Morgan fingerprint density at radius 1 is 0.722 bits per heavy atom. The molecule has 0 atom stereocenters.